The van der Waals surface area contributed by atoms with Crippen molar-refractivity contribution < 1.29 is 10.0 Å². The van der Waals surface area contributed by atoms with Gasteiger partial charge < -0.3 is 10.1 Å². The lowest BCUT2D eigenvalue weighted by Gasteiger charge is -1.99. The summed E-state index contributed by atoms with van der Waals surface area (Å²) in [6, 6.07) is 3.93. The lowest BCUT2D eigenvalue weighted by Crippen LogP contribution is -1.92. The third-order valence-electron chi connectivity index (χ3n) is 1.93. The van der Waals surface area contributed by atoms with Crippen LogP contribution in [-0.2, 0) is 0 Å². The number of aromatic hydroxyl groups is 1. The maximum atomic E-state index is 10.7. The van der Waals surface area contributed by atoms with Crippen molar-refractivity contribution in [3.8, 4) is 17.1 Å². The van der Waals surface area contributed by atoms with Crippen LogP contribution in [0.4, 0.5) is 5.69 Å². The number of phenols is 1. The first-order chi connectivity index (χ1) is 7.18. The molecule has 2 aromatic rings. The Morgan fingerprint density at radius 2 is 2.27 bits per heavy atom. The topological polar surface area (TPSA) is 92.1 Å². The van der Waals surface area contributed by atoms with E-state index in [1.807, 2.05) is 0 Å². The van der Waals surface area contributed by atoms with Crippen LogP contribution in [-0.4, -0.2) is 20.0 Å². The lowest BCUT2D eigenvalue weighted by molar-refractivity contribution is -0.384. The Hall–Kier alpha value is -2.37. The van der Waals surface area contributed by atoms with E-state index in [-0.39, 0.29) is 11.4 Å². The monoisotopic (exact) mass is 205 g/mol. The minimum Gasteiger partial charge on any atom is -0.508 e. The zero-order chi connectivity index (χ0) is 10.8. The van der Waals surface area contributed by atoms with Gasteiger partial charge in [-0.1, -0.05) is 0 Å². The zero-order valence-corrected chi connectivity index (χ0v) is 7.54. The van der Waals surface area contributed by atoms with Gasteiger partial charge in [0.15, 0.2) is 0 Å². The maximum Gasteiger partial charge on any atom is 0.284 e. The van der Waals surface area contributed by atoms with Crippen LogP contribution in [0, 0.1) is 10.1 Å². The molecule has 2 N–H and O–H groups in total. The molecule has 0 saturated carbocycles. The third kappa shape index (κ3) is 1.64. The van der Waals surface area contributed by atoms with Gasteiger partial charge in [-0.25, -0.2) is 4.98 Å². The van der Waals surface area contributed by atoms with Crippen molar-refractivity contribution in [3.63, 3.8) is 0 Å². The number of nitro benzene ring substituents is 1. The van der Waals surface area contributed by atoms with Crippen LogP contribution in [0.5, 0.6) is 5.75 Å². The smallest absolute Gasteiger partial charge is 0.284 e. The first-order valence-corrected chi connectivity index (χ1v) is 4.15. The normalized spacial score (nSPS) is 10.1. The van der Waals surface area contributed by atoms with Gasteiger partial charge in [-0.05, 0) is 12.1 Å². The molecule has 0 aliphatic rings. The van der Waals surface area contributed by atoms with Crippen LogP contribution in [0.2, 0.25) is 0 Å². The Kier molecular flexibility index (Phi) is 2.09. The molecule has 0 aliphatic carbocycles. The minimum absolute atomic E-state index is 0.142. The molecule has 6 nitrogen and oxygen atoms in total. The van der Waals surface area contributed by atoms with Crippen molar-refractivity contribution in [2.75, 3.05) is 0 Å². The summed E-state index contributed by atoms with van der Waals surface area (Å²) >= 11 is 0. The average molecular weight is 205 g/mol. The Morgan fingerprint density at radius 3 is 2.87 bits per heavy atom. The highest BCUT2D eigenvalue weighted by molar-refractivity contribution is 5.69. The molecule has 15 heavy (non-hydrogen) atoms. The number of nitro groups is 1. The van der Waals surface area contributed by atoms with Crippen LogP contribution in [0.3, 0.4) is 0 Å². The second-order valence-electron chi connectivity index (χ2n) is 2.90. The fourth-order valence-corrected chi connectivity index (χ4v) is 1.28. The quantitative estimate of drug-likeness (QED) is 0.576. The summed E-state index contributed by atoms with van der Waals surface area (Å²) in [5.74, 6) is 0.263. The van der Waals surface area contributed by atoms with E-state index in [1.54, 1.807) is 6.20 Å². The molecule has 1 aromatic carbocycles. The highest BCUT2D eigenvalue weighted by Crippen LogP contribution is 2.30. The average Bonchev–Trinajstić information content (AvgIpc) is 2.70. The number of nitrogens with zero attached hydrogens (tertiary/aromatic N) is 2. The molecule has 0 amide bonds. The number of phenolic OH excluding ortho intramolecular Hbond substituents is 1. The van der Waals surface area contributed by atoms with Gasteiger partial charge in [-0.3, -0.25) is 10.1 Å². The van der Waals surface area contributed by atoms with E-state index in [0.717, 1.165) is 6.07 Å². The molecule has 0 saturated heterocycles. The summed E-state index contributed by atoms with van der Waals surface area (Å²) in [7, 11) is 0. The first kappa shape index (κ1) is 9.20. The Labute approximate surface area is 84.4 Å². The van der Waals surface area contributed by atoms with E-state index < -0.39 is 4.92 Å². The van der Waals surface area contributed by atoms with Gasteiger partial charge in [-0.2, -0.15) is 0 Å². The summed E-state index contributed by atoms with van der Waals surface area (Å²) in [5, 5.41) is 19.9. The fourth-order valence-electron chi connectivity index (χ4n) is 1.28. The molecule has 6 heteroatoms. The summed E-state index contributed by atoms with van der Waals surface area (Å²) < 4.78 is 0. The van der Waals surface area contributed by atoms with Gasteiger partial charge in [-0.15, -0.1) is 0 Å². The highest BCUT2D eigenvalue weighted by atomic mass is 16.6. The van der Waals surface area contributed by atoms with E-state index in [1.165, 1.54) is 18.3 Å². The van der Waals surface area contributed by atoms with Crippen LogP contribution in [0.25, 0.3) is 11.4 Å². The second-order valence-corrected chi connectivity index (χ2v) is 2.90. The molecule has 0 unspecified atom stereocenters. The number of nitrogens with one attached hydrogen (secondary N) is 1. The van der Waals surface area contributed by atoms with Crippen molar-refractivity contribution in [1.29, 1.82) is 0 Å². The number of imidazole rings is 1. The summed E-state index contributed by atoms with van der Waals surface area (Å²) in [4.78, 5) is 16.9. The minimum atomic E-state index is -0.558. The number of aromatic amines is 1. The second kappa shape index (κ2) is 3.41. The number of benzene rings is 1. The Bertz CT molecular complexity index is 493. The summed E-state index contributed by atoms with van der Waals surface area (Å²) in [6.07, 6.45) is 3.08. The SMILES string of the molecule is O=[N+]([O-])c1cc(O)ccc1-c1ncc[nH]1. The largest absolute Gasteiger partial charge is 0.508 e. The van der Waals surface area contributed by atoms with Crippen molar-refractivity contribution in [2.24, 2.45) is 0 Å². The number of hydrogen-bond acceptors (Lipinski definition) is 4. The maximum absolute atomic E-state index is 10.7. The lowest BCUT2D eigenvalue weighted by atomic mass is 10.1. The molecule has 1 heterocycles. The van der Waals surface area contributed by atoms with Crippen LogP contribution in [0.1, 0.15) is 0 Å². The fraction of sp³-hybridized carbons (Fsp3) is 0. The predicted octanol–water partition coefficient (Wildman–Crippen LogP) is 1.69. The van der Waals surface area contributed by atoms with Crippen LogP contribution >= 0.6 is 0 Å². The van der Waals surface area contributed by atoms with Crippen molar-refractivity contribution in [3.05, 3.63) is 40.7 Å². The Balaban J connectivity index is 2.61. The van der Waals surface area contributed by atoms with E-state index in [0.29, 0.717) is 11.4 Å². The summed E-state index contributed by atoms with van der Waals surface area (Å²) in [5.41, 5.74) is 0.174. The number of aromatic nitrogens is 2. The van der Waals surface area contributed by atoms with E-state index in [9.17, 15) is 10.1 Å². The third-order valence-corrected chi connectivity index (χ3v) is 1.93. The van der Waals surface area contributed by atoms with Crippen LogP contribution < -0.4 is 0 Å². The zero-order valence-electron chi connectivity index (χ0n) is 7.54. The van der Waals surface area contributed by atoms with E-state index in [4.69, 9.17) is 5.11 Å². The van der Waals surface area contributed by atoms with Gasteiger partial charge in [0.1, 0.15) is 11.6 Å². The number of hydrogen-bond donors (Lipinski definition) is 2. The van der Waals surface area contributed by atoms with Gasteiger partial charge in [0.25, 0.3) is 5.69 Å². The number of rotatable bonds is 2. The molecule has 2 rings (SSSR count). The number of H-pyrrole nitrogens is 1. The molecule has 0 spiro atoms. The van der Waals surface area contributed by atoms with Gasteiger partial charge in [0.2, 0.25) is 0 Å². The molecule has 0 atom stereocenters. The molecule has 0 aliphatic heterocycles. The van der Waals surface area contributed by atoms with Gasteiger partial charge in [0.05, 0.1) is 16.6 Å². The van der Waals surface area contributed by atoms with Crippen molar-refractivity contribution in [1.82, 2.24) is 9.97 Å². The molecule has 0 radical (unpaired) electrons. The first-order valence-electron chi connectivity index (χ1n) is 4.15. The molecule has 0 fully saturated rings. The molecule has 0 bridgehead atoms. The predicted molar refractivity (Wildman–Crippen MR) is 52.3 cm³/mol. The molecule has 1 aromatic heterocycles. The molecular formula is C9H7N3O3. The summed E-state index contributed by atoms with van der Waals surface area (Å²) in [6.45, 7) is 0. The standard InChI is InChI=1S/C9H7N3O3/c13-6-1-2-7(8(5-6)12(14)15)9-10-3-4-11-9/h1-5,13H,(H,10,11). The van der Waals surface area contributed by atoms with Gasteiger partial charge in [0, 0.05) is 12.4 Å². The highest BCUT2D eigenvalue weighted by Gasteiger charge is 2.17. The Morgan fingerprint density at radius 1 is 1.47 bits per heavy atom. The van der Waals surface area contributed by atoms with E-state index >= 15 is 0 Å². The molecule has 76 valence electrons. The van der Waals surface area contributed by atoms with Crippen molar-refractivity contribution >= 4 is 5.69 Å². The van der Waals surface area contributed by atoms with Gasteiger partial charge >= 0.3 is 0 Å². The van der Waals surface area contributed by atoms with Crippen LogP contribution in [0.15, 0.2) is 30.6 Å². The molecular weight excluding hydrogens is 198 g/mol. The van der Waals surface area contributed by atoms with E-state index in [2.05, 4.69) is 9.97 Å². The van der Waals surface area contributed by atoms with Crippen molar-refractivity contribution in [2.45, 2.75) is 0 Å².